The fourth-order valence-corrected chi connectivity index (χ4v) is 4.62. The summed E-state index contributed by atoms with van der Waals surface area (Å²) in [6.45, 7) is 2.09. The normalized spacial score (nSPS) is 11.1. The highest BCUT2D eigenvalue weighted by Gasteiger charge is 2.18. The van der Waals surface area contributed by atoms with E-state index in [4.69, 9.17) is 5.10 Å². The molecule has 4 nitrogen and oxygen atoms in total. The van der Waals surface area contributed by atoms with E-state index in [1.54, 1.807) is 11.3 Å². The average Bonchev–Trinajstić information content (AvgIpc) is 3.48. The molecule has 0 aliphatic carbocycles. The second-order valence-electron chi connectivity index (χ2n) is 6.81. The number of thiophene rings is 1. The lowest BCUT2D eigenvalue weighted by atomic mass is 10.1. The molecule has 0 saturated carbocycles. The van der Waals surface area contributed by atoms with E-state index in [0.29, 0.717) is 0 Å². The number of halogens is 1. The van der Waals surface area contributed by atoms with E-state index in [0.717, 1.165) is 42.6 Å². The average molecular weight is 461 g/mol. The number of rotatable bonds is 4. The molecule has 3 aromatic heterocycles. The van der Waals surface area contributed by atoms with Crippen LogP contribution in [0.3, 0.4) is 0 Å². The van der Waals surface area contributed by atoms with Gasteiger partial charge in [0.2, 0.25) is 0 Å². The third-order valence-electron chi connectivity index (χ3n) is 4.76. The van der Waals surface area contributed by atoms with Crippen LogP contribution in [0, 0.1) is 6.92 Å². The number of hydrogen-bond acceptors (Lipinski definition) is 3. The van der Waals surface area contributed by atoms with Crippen LogP contribution < -0.4 is 0 Å². The molecule has 5 aromatic rings. The smallest absolute Gasteiger partial charge is 0.112 e. The standard InChI is InChI=1S/C23H17BrN4S/c1-15-7-9-16(10-8-15)19-13-20(26-25-19)18-14-28(17-5-3-2-4-6-17)27-23(18)21-11-12-22(24)29-21/h2-14H,1H3,(H,25,26). The predicted octanol–water partition coefficient (Wildman–Crippen LogP) is 6.73. The largest absolute Gasteiger partial charge is 0.277 e. The molecule has 1 N–H and O–H groups in total. The fraction of sp³-hybridized carbons (Fsp3) is 0.0435. The summed E-state index contributed by atoms with van der Waals surface area (Å²) in [7, 11) is 0. The molecule has 0 aliphatic rings. The molecule has 0 saturated heterocycles. The summed E-state index contributed by atoms with van der Waals surface area (Å²) in [6.07, 6.45) is 2.06. The van der Waals surface area contributed by atoms with Gasteiger partial charge in [-0.15, -0.1) is 11.3 Å². The number of benzene rings is 2. The molecular weight excluding hydrogens is 444 g/mol. The molecule has 0 unspecified atom stereocenters. The predicted molar refractivity (Wildman–Crippen MR) is 122 cm³/mol. The van der Waals surface area contributed by atoms with E-state index in [-0.39, 0.29) is 0 Å². The number of aromatic nitrogens is 4. The van der Waals surface area contributed by atoms with Crippen molar-refractivity contribution in [3.05, 3.63) is 88.3 Å². The maximum atomic E-state index is 4.89. The molecule has 0 spiro atoms. The molecule has 0 aliphatic heterocycles. The number of hydrogen-bond donors (Lipinski definition) is 1. The van der Waals surface area contributed by atoms with Crippen molar-refractivity contribution < 1.29 is 0 Å². The van der Waals surface area contributed by atoms with Crippen LogP contribution in [0.15, 0.2) is 82.8 Å². The Morgan fingerprint density at radius 1 is 0.966 bits per heavy atom. The Morgan fingerprint density at radius 3 is 2.48 bits per heavy atom. The summed E-state index contributed by atoms with van der Waals surface area (Å²) < 4.78 is 3.00. The van der Waals surface area contributed by atoms with Gasteiger partial charge in [-0.3, -0.25) is 5.10 Å². The van der Waals surface area contributed by atoms with Gasteiger partial charge in [-0.25, -0.2) is 4.68 Å². The molecule has 5 rings (SSSR count). The van der Waals surface area contributed by atoms with Crippen LogP contribution in [0.5, 0.6) is 0 Å². The molecule has 0 bridgehead atoms. The summed E-state index contributed by atoms with van der Waals surface area (Å²) in [4.78, 5) is 1.10. The highest BCUT2D eigenvalue weighted by Crippen LogP contribution is 2.37. The third kappa shape index (κ3) is 3.57. The second-order valence-corrected chi connectivity index (χ2v) is 9.27. The van der Waals surface area contributed by atoms with Gasteiger partial charge in [0.25, 0.3) is 0 Å². The minimum atomic E-state index is 0.922. The van der Waals surface area contributed by atoms with E-state index >= 15 is 0 Å². The zero-order valence-corrected chi connectivity index (χ0v) is 18.0. The van der Waals surface area contributed by atoms with Crippen molar-refractivity contribution in [2.24, 2.45) is 0 Å². The number of H-pyrrole nitrogens is 1. The van der Waals surface area contributed by atoms with E-state index in [2.05, 4.69) is 93.8 Å². The number of aryl methyl sites for hydroxylation is 1. The van der Waals surface area contributed by atoms with E-state index in [9.17, 15) is 0 Å². The molecule has 0 radical (unpaired) electrons. The van der Waals surface area contributed by atoms with Crippen molar-refractivity contribution in [2.45, 2.75) is 6.92 Å². The summed E-state index contributed by atoms with van der Waals surface area (Å²) in [5.41, 5.74) is 7.17. The van der Waals surface area contributed by atoms with E-state index in [1.807, 2.05) is 22.9 Å². The Hall–Kier alpha value is -2.96. The van der Waals surface area contributed by atoms with Gasteiger partial charge in [0.15, 0.2) is 0 Å². The zero-order chi connectivity index (χ0) is 19.8. The summed E-state index contributed by atoms with van der Waals surface area (Å²) in [5, 5.41) is 12.6. The minimum Gasteiger partial charge on any atom is -0.277 e. The molecule has 0 fully saturated rings. The van der Waals surface area contributed by atoms with Crippen molar-refractivity contribution >= 4 is 27.3 Å². The third-order valence-corrected chi connectivity index (χ3v) is 6.39. The van der Waals surface area contributed by atoms with Gasteiger partial charge >= 0.3 is 0 Å². The van der Waals surface area contributed by atoms with Gasteiger partial charge < -0.3 is 0 Å². The number of para-hydroxylation sites is 1. The Morgan fingerprint density at radius 2 is 1.76 bits per heavy atom. The fourth-order valence-electron chi connectivity index (χ4n) is 3.24. The van der Waals surface area contributed by atoms with Crippen molar-refractivity contribution in [1.82, 2.24) is 20.0 Å². The summed E-state index contributed by atoms with van der Waals surface area (Å²) in [5.74, 6) is 0. The second kappa shape index (κ2) is 7.46. The van der Waals surface area contributed by atoms with Crippen molar-refractivity contribution in [3.63, 3.8) is 0 Å². The lowest BCUT2D eigenvalue weighted by molar-refractivity contribution is 0.885. The van der Waals surface area contributed by atoms with Gasteiger partial charge in [-0.2, -0.15) is 10.2 Å². The van der Waals surface area contributed by atoms with Crippen LogP contribution >= 0.6 is 27.3 Å². The molecule has 29 heavy (non-hydrogen) atoms. The van der Waals surface area contributed by atoms with Crippen molar-refractivity contribution in [3.8, 4) is 38.8 Å². The van der Waals surface area contributed by atoms with Crippen LogP contribution in [-0.2, 0) is 0 Å². The molecule has 3 heterocycles. The zero-order valence-electron chi connectivity index (χ0n) is 15.6. The van der Waals surface area contributed by atoms with Crippen LogP contribution in [0.1, 0.15) is 5.56 Å². The van der Waals surface area contributed by atoms with Crippen LogP contribution in [0.4, 0.5) is 0 Å². The van der Waals surface area contributed by atoms with Gasteiger partial charge in [-0.1, -0.05) is 48.0 Å². The SMILES string of the molecule is Cc1ccc(-c2cc(-c3cn(-c4ccccc4)nc3-c3ccc(Br)s3)[nH]n2)cc1. The van der Waals surface area contributed by atoms with Gasteiger partial charge in [0, 0.05) is 17.3 Å². The molecule has 0 atom stereocenters. The van der Waals surface area contributed by atoms with Gasteiger partial charge in [0.05, 0.1) is 25.7 Å². The quantitative estimate of drug-likeness (QED) is 0.323. The lowest BCUT2D eigenvalue weighted by Crippen LogP contribution is -1.93. The van der Waals surface area contributed by atoms with Crippen molar-refractivity contribution in [1.29, 1.82) is 0 Å². The maximum absolute atomic E-state index is 4.89. The van der Waals surface area contributed by atoms with Gasteiger partial charge in [-0.05, 0) is 53.2 Å². The van der Waals surface area contributed by atoms with Crippen molar-refractivity contribution in [2.75, 3.05) is 0 Å². The molecule has 2 aromatic carbocycles. The number of nitrogens with zero attached hydrogens (tertiary/aromatic N) is 3. The lowest BCUT2D eigenvalue weighted by Gasteiger charge is -1.99. The topological polar surface area (TPSA) is 46.5 Å². The molecule has 0 amide bonds. The Balaban J connectivity index is 1.62. The molecule has 142 valence electrons. The first-order valence-corrected chi connectivity index (χ1v) is 10.8. The Kier molecular flexibility index (Phi) is 4.66. The first-order chi connectivity index (χ1) is 14.2. The summed E-state index contributed by atoms with van der Waals surface area (Å²) in [6, 6.07) is 24.8. The highest BCUT2D eigenvalue weighted by atomic mass is 79.9. The maximum Gasteiger partial charge on any atom is 0.112 e. The first-order valence-electron chi connectivity index (χ1n) is 9.21. The highest BCUT2D eigenvalue weighted by molar-refractivity contribution is 9.11. The minimum absolute atomic E-state index is 0.922. The van der Waals surface area contributed by atoms with Gasteiger partial charge in [0.1, 0.15) is 5.69 Å². The van der Waals surface area contributed by atoms with Crippen LogP contribution in [0.25, 0.3) is 38.8 Å². The van der Waals surface area contributed by atoms with E-state index < -0.39 is 0 Å². The molecular formula is C23H17BrN4S. The number of nitrogens with one attached hydrogen (secondary N) is 1. The van der Waals surface area contributed by atoms with Crippen LogP contribution in [-0.4, -0.2) is 20.0 Å². The Labute approximate surface area is 181 Å². The Bertz CT molecular complexity index is 1270. The van der Waals surface area contributed by atoms with E-state index in [1.165, 1.54) is 5.56 Å². The summed E-state index contributed by atoms with van der Waals surface area (Å²) >= 11 is 5.24. The van der Waals surface area contributed by atoms with Crippen LogP contribution in [0.2, 0.25) is 0 Å². The first kappa shape index (κ1) is 18.1. The number of aromatic amines is 1. The molecule has 6 heteroatoms. The monoisotopic (exact) mass is 460 g/mol.